The smallest absolute Gasteiger partial charge is 0.325 e. The highest BCUT2D eigenvalue weighted by atomic mass is 16.2. The average Bonchev–Trinajstić information content (AvgIpc) is 2.94. The summed E-state index contributed by atoms with van der Waals surface area (Å²) in [6.07, 6.45) is 1.87. The van der Waals surface area contributed by atoms with Crippen molar-refractivity contribution in [1.29, 1.82) is 0 Å². The first kappa shape index (κ1) is 14.9. The monoisotopic (exact) mass is 301 g/mol. The minimum atomic E-state index is -0.770. The Kier molecular flexibility index (Phi) is 3.59. The molecule has 1 saturated heterocycles. The van der Waals surface area contributed by atoms with Crippen LogP contribution in [0.4, 0.5) is 10.5 Å². The Morgan fingerprint density at radius 2 is 2.00 bits per heavy atom. The highest BCUT2D eigenvalue weighted by Crippen LogP contribution is 2.31. The molecule has 0 unspecified atom stereocenters. The van der Waals surface area contributed by atoms with Gasteiger partial charge in [0.1, 0.15) is 5.54 Å². The lowest BCUT2D eigenvalue weighted by Crippen LogP contribution is -2.40. The molecule has 1 fully saturated rings. The summed E-state index contributed by atoms with van der Waals surface area (Å²) in [6.45, 7) is 7.99. The van der Waals surface area contributed by atoms with Gasteiger partial charge in [0.25, 0.3) is 5.91 Å². The van der Waals surface area contributed by atoms with Gasteiger partial charge in [0.05, 0.1) is 0 Å². The van der Waals surface area contributed by atoms with Crippen molar-refractivity contribution < 1.29 is 9.59 Å². The molecule has 2 heterocycles. The summed E-state index contributed by atoms with van der Waals surface area (Å²) in [5, 5.41) is 2.72. The number of urea groups is 1. The maximum Gasteiger partial charge on any atom is 0.325 e. The van der Waals surface area contributed by atoms with Crippen LogP contribution in [0.15, 0.2) is 18.2 Å². The van der Waals surface area contributed by atoms with Gasteiger partial charge in [-0.2, -0.15) is 0 Å². The molecular formula is C17H23N3O2. The fourth-order valence-electron chi connectivity index (χ4n) is 3.41. The predicted octanol–water partition coefficient (Wildman–Crippen LogP) is 2.08. The van der Waals surface area contributed by atoms with E-state index in [0.717, 1.165) is 25.9 Å². The van der Waals surface area contributed by atoms with Crippen molar-refractivity contribution in [3.8, 4) is 0 Å². The Labute approximate surface area is 131 Å². The summed E-state index contributed by atoms with van der Waals surface area (Å²) in [6, 6.07) is 6.15. The summed E-state index contributed by atoms with van der Waals surface area (Å²) >= 11 is 0. The fraction of sp³-hybridized carbons (Fsp3) is 0.529. The minimum Gasteiger partial charge on any atom is -0.371 e. The van der Waals surface area contributed by atoms with Gasteiger partial charge in [-0.15, -0.1) is 0 Å². The number of imide groups is 1. The number of rotatable bonds is 4. The van der Waals surface area contributed by atoms with E-state index in [1.807, 2.05) is 0 Å². The number of benzene rings is 1. The molecule has 0 bridgehead atoms. The van der Waals surface area contributed by atoms with Crippen molar-refractivity contribution in [2.24, 2.45) is 0 Å². The van der Waals surface area contributed by atoms with Gasteiger partial charge in [-0.25, -0.2) is 4.79 Å². The van der Waals surface area contributed by atoms with Gasteiger partial charge in [0.15, 0.2) is 0 Å². The van der Waals surface area contributed by atoms with Crippen molar-refractivity contribution in [3.05, 3.63) is 29.3 Å². The number of aryl methyl sites for hydroxylation is 1. The number of carbonyl (C=O) groups excluding carboxylic acids is 2. The molecule has 3 rings (SSSR count). The molecule has 1 aromatic carbocycles. The van der Waals surface area contributed by atoms with Crippen LogP contribution in [-0.2, 0) is 11.2 Å². The first-order chi connectivity index (χ1) is 10.4. The number of nitrogens with zero attached hydrogens (tertiary/aromatic N) is 2. The number of hydrogen-bond acceptors (Lipinski definition) is 3. The lowest BCUT2D eigenvalue weighted by atomic mass is 10.1. The van der Waals surface area contributed by atoms with Gasteiger partial charge < -0.3 is 10.2 Å². The second-order valence-corrected chi connectivity index (χ2v) is 6.69. The molecule has 0 saturated carbocycles. The molecule has 0 aliphatic carbocycles. The van der Waals surface area contributed by atoms with Crippen LogP contribution in [0.25, 0.3) is 0 Å². The maximum atomic E-state index is 12.1. The zero-order valence-electron chi connectivity index (χ0n) is 13.5. The van der Waals surface area contributed by atoms with E-state index in [1.165, 1.54) is 21.7 Å². The summed E-state index contributed by atoms with van der Waals surface area (Å²) in [5.41, 5.74) is 3.26. The molecule has 0 spiro atoms. The Bertz CT molecular complexity index is 624. The summed E-state index contributed by atoms with van der Waals surface area (Å²) < 4.78 is 0. The van der Waals surface area contributed by atoms with Gasteiger partial charge in [0, 0.05) is 25.3 Å². The summed E-state index contributed by atoms with van der Waals surface area (Å²) in [7, 11) is 0. The van der Waals surface area contributed by atoms with Crippen molar-refractivity contribution in [2.45, 2.75) is 39.2 Å². The Hall–Kier alpha value is -2.04. The van der Waals surface area contributed by atoms with Crippen LogP contribution in [0.3, 0.4) is 0 Å². The quantitative estimate of drug-likeness (QED) is 0.866. The lowest BCUT2D eigenvalue weighted by Gasteiger charge is -2.22. The molecular weight excluding hydrogens is 278 g/mol. The number of nitrogens with one attached hydrogen (secondary N) is 1. The van der Waals surface area contributed by atoms with Gasteiger partial charge >= 0.3 is 6.03 Å². The number of carbonyl (C=O) groups is 2. The standard InChI is InChI=1S/C17H23N3O2/c1-12-6-4-7-13-8-11-19(14(12)13)9-5-10-20-15(21)17(2,3)18-16(20)22/h4,6-7H,5,8-11H2,1-3H3,(H,18,22). The molecule has 1 aromatic rings. The Morgan fingerprint density at radius 3 is 2.68 bits per heavy atom. The number of anilines is 1. The topological polar surface area (TPSA) is 52.6 Å². The first-order valence-corrected chi connectivity index (χ1v) is 7.88. The van der Waals surface area contributed by atoms with E-state index in [-0.39, 0.29) is 11.9 Å². The summed E-state index contributed by atoms with van der Waals surface area (Å²) in [5.74, 6) is -0.129. The van der Waals surface area contributed by atoms with E-state index in [9.17, 15) is 9.59 Å². The number of fused-ring (bicyclic) bond motifs is 1. The molecule has 2 aliphatic rings. The molecule has 2 aliphatic heterocycles. The van der Waals surface area contributed by atoms with Crippen LogP contribution in [0, 0.1) is 6.92 Å². The number of amides is 3. The maximum absolute atomic E-state index is 12.1. The minimum absolute atomic E-state index is 0.129. The second-order valence-electron chi connectivity index (χ2n) is 6.69. The molecule has 22 heavy (non-hydrogen) atoms. The summed E-state index contributed by atoms with van der Waals surface area (Å²) in [4.78, 5) is 27.7. The van der Waals surface area contributed by atoms with Gasteiger partial charge in [-0.3, -0.25) is 9.69 Å². The molecule has 0 aromatic heterocycles. The van der Waals surface area contributed by atoms with Crippen LogP contribution in [0.2, 0.25) is 0 Å². The highest BCUT2D eigenvalue weighted by Gasteiger charge is 2.43. The van der Waals surface area contributed by atoms with E-state index in [0.29, 0.717) is 6.54 Å². The third kappa shape index (κ3) is 2.45. The number of para-hydroxylation sites is 1. The van der Waals surface area contributed by atoms with Gasteiger partial charge in [-0.05, 0) is 44.7 Å². The van der Waals surface area contributed by atoms with Crippen LogP contribution in [0.1, 0.15) is 31.4 Å². The average molecular weight is 301 g/mol. The predicted molar refractivity (Wildman–Crippen MR) is 86.0 cm³/mol. The second kappa shape index (κ2) is 5.30. The zero-order chi connectivity index (χ0) is 15.9. The van der Waals surface area contributed by atoms with Crippen molar-refractivity contribution >= 4 is 17.6 Å². The van der Waals surface area contributed by atoms with E-state index in [2.05, 4.69) is 35.3 Å². The van der Waals surface area contributed by atoms with E-state index < -0.39 is 5.54 Å². The molecule has 118 valence electrons. The third-order valence-corrected chi connectivity index (χ3v) is 4.54. The molecule has 0 atom stereocenters. The fourth-order valence-corrected chi connectivity index (χ4v) is 3.41. The van der Waals surface area contributed by atoms with Gasteiger partial charge in [-0.1, -0.05) is 18.2 Å². The van der Waals surface area contributed by atoms with Crippen molar-refractivity contribution in [2.75, 3.05) is 24.5 Å². The molecule has 0 radical (unpaired) electrons. The van der Waals surface area contributed by atoms with Crippen LogP contribution in [-0.4, -0.2) is 42.0 Å². The third-order valence-electron chi connectivity index (χ3n) is 4.54. The molecule has 5 heteroatoms. The highest BCUT2D eigenvalue weighted by molar-refractivity contribution is 6.06. The molecule has 5 nitrogen and oxygen atoms in total. The molecule has 1 N–H and O–H groups in total. The van der Waals surface area contributed by atoms with E-state index in [1.54, 1.807) is 13.8 Å². The van der Waals surface area contributed by atoms with Crippen molar-refractivity contribution in [1.82, 2.24) is 10.2 Å². The molecule has 3 amide bonds. The first-order valence-electron chi connectivity index (χ1n) is 7.88. The largest absolute Gasteiger partial charge is 0.371 e. The Morgan fingerprint density at radius 1 is 1.23 bits per heavy atom. The Balaban J connectivity index is 1.60. The van der Waals surface area contributed by atoms with Crippen LogP contribution >= 0.6 is 0 Å². The van der Waals surface area contributed by atoms with Crippen LogP contribution in [0.5, 0.6) is 0 Å². The zero-order valence-corrected chi connectivity index (χ0v) is 13.5. The van der Waals surface area contributed by atoms with E-state index in [4.69, 9.17) is 0 Å². The van der Waals surface area contributed by atoms with E-state index >= 15 is 0 Å². The lowest BCUT2D eigenvalue weighted by molar-refractivity contribution is -0.130. The van der Waals surface area contributed by atoms with Gasteiger partial charge in [0.2, 0.25) is 0 Å². The SMILES string of the molecule is Cc1cccc2c1N(CCCN1C(=O)NC(C)(C)C1=O)CC2. The number of hydrogen-bond donors (Lipinski definition) is 1. The normalized spacial score (nSPS) is 19.6. The van der Waals surface area contributed by atoms with Crippen molar-refractivity contribution in [3.63, 3.8) is 0 Å². The van der Waals surface area contributed by atoms with Crippen LogP contribution < -0.4 is 10.2 Å².